The minimum absolute atomic E-state index is 0.0615. The fourth-order valence-electron chi connectivity index (χ4n) is 4.46. The van der Waals surface area contributed by atoms with Crippen LogP contribution in [0.5, 0.6) is 0 Å². The summed E-state index contributed by atoms with van der Waals surface area (Å²) >= 11 is 0. The number of amides is 1. The van der Waals surface area contributed by atoms with Crippen LogP contribution in [-0.4, -0.2) is 40.0 Å². The van der Waals surface area contributed by atoms with Gasteiger partial charge in [-0.2, -0.15) is 0 Å². The van der Waals surface area contributed by atoms with Crippen LogP contribution in [0.2, 0.25) is 0 Å². The predicted molar refractivity (Wildman–Crippen MR) is 131 cm³/mol. The quantitative estimate of drug-likeness (QED) is 0.434. The van der Waals surface area contributed by atoms with E-state index in [1.165, 1.54) is 12.1 Å². The Bertz CT molecular complexity index is 1370. The van der Waals surface area contributed by atoms with Crippen molar-refractivity contribution in [3.63, 3.8) is 0 Å². The molecule has 178 valence electrons. The maximum atomic E-state index is 15.3. The van der Waals surface area contributed by atoms with E-state index in [9.17, 15) is 9.18 Å². The van der Waals surface area contributed by atoms with Gasteiger partial charge < -0.3 is 10.6 Å². The van der Waals surface area contributed by atoms with Crippen molar-refractivity contribution in [3.05, 3.63) is 83.8 Å². The summed E-state index contributed by atoms with van der Waals surface area (Å²) in [4.78, 5) is 27.7. The number of piperidine rings is 1. The van der Waals surface area contributed by atoms with Gasteiger partial charge in [0.15, 0.2) is 5.82 Å². The van der Waals surface area contributed by atoms with E-state index in [1.54, 1.807) is 17.2 Å². The number of carbonyl (C=O) groups excluding carboxylic acids is 1. The summed E-state index contributed by atoms with van der Waals surface area (Å²) in [6.45, 7) is 3.45. The SMILES string of the molecule is Cc1cccc2ccnc(N(C(=O)c3ccc(Nc4ncc(F)cn4)cc3F)[C@@H]3CCCNC3)c12. The number of rotatable bonds is 5. The smallest absolute Gasteiger partial charge is 0.262 e. The summed E-state index contributed by atoms with van der Waals surface area (Å²) in [5.41, 5.74) is 1.27. The number of benzene rings is 2. The van der Waals surface area contributed by atoms with Gasteiger partial charge in [-0.1, -0.05) is 18.2 Å². The molecule has 1 aliphatic heterocycles. The molecule has 7 nitrogen and oxygen atoms in total. The molecule has 1 aliphatic rings. The van der Waals surface area contributed by atoms with E-state index in [-0.39, 0.29) is 17.6 Å². The number of aryl methyl sites for hydroxylation is 1. The molecule has 35 heavy (non-hydrogen) atoms. The van der Waals surface area contributed by atoms with Gasteiger partial charge in [-0.25, -0.2) is 23.7 Å². The van der Waals surface area contributed by atoms with Gasteiger partial charge >= 0.3 is 0 Å². The minimum Gasteiger partial charge on any atom is -0.324 e. The molecule has 1 saturated heterocycles. The Morgan fingerprint density at radius 1 is 1.11 bits per heavy atom. The number of hydrogen-bond donors (Lipinski definition) is 2. The predicted octanol–water partition coefficient (Wildman–Crippen LogP) is 4.75. The van der Waals surface area contributed by atoms with Crippen molar-refractivity contribution in [2.24, 2.45) is 0 Å². The monoisotopic (exact) mass is 474 g/mol. The van der Waals surface area contributed by atoms with Crippen LogP contribution in [0.1, 0.15) is 28.8 Å². The van der Waals surface area contributed by atoms with Crippen molar-refractivity contribution in [2.45, 2.75) is 25.8 Å². The van der Waals surface area contributed by atoms with Gasteiger partial charge in [0.1, 0.15) is 11.6 Å². The molecule has 1 atom stereocenters. The average molecular weight is 475 g/mol. The van der Waals surface area contributed by atoms with E-state index in [0.717, 1.165) is 48.1 Å². The second-order valence-electron chi connectivity index (χ2n) is 8.53. The third-order valence-corrected chi connectivity index (χ3v) is 6.14. The summed E-state index contributed by atoms with van der Waals surface area (Å²) in [7, 11) is 0. The Labute approximate surface area is 201 Å². The van der Waals surface area contributed by atoms with Crippen molar-refractivity contribution in [1.82, 2.24) is 20.3 Å². The van der Waals surface area contributed by atoms with E-state index < -0.39 is 17.5 Å². The second-order valence-corrected chi connectivity index (χ2v) is 8.53. The zero-order valence-electron chi connectivity index (χ0n) is 19.1. The van der Waals surface area contributed by atoms with Gasteiger partial charge in [0.2, 0.25) is 5.95 Å². The van der Waals surface area contributed by atoms with Crippen molar-refractivity contribution in [2.75, 3.05) is 23.3 Å². The van der Waals surface area contributed by atoms with Crippen LogP contribution >= 0.6 is 0 Å². The lowest BCUT2D eigenvalue weighted by atomic mass is 10.0. The zero-order valence-corrected chi connectivity index (χ0v) is 19.1. The molecule has 0 saturated carbocycles. The molecule has 0 spiro atoms. The standard InChI is InChI=1S/C26H24F2N6O/c1-16-4-2-5-17-9-11-30-24(23(16)17)34(20-6-3-10-29-15-20)25(35)21-8-7-19(12-22(21)28)33-26-31-13-18(27)14-32-26/h2,4-5,7-9,11-14,20,29H,3,6,10,15H2,1H3,(H,31,32,33)/t20-/m1/s1. The summed E-state index contributed by atoms with van der Waals surface area (Å²) in [5.74, 6) is -1.06. The molecule has 2 N–H and O–H groups in total. The highest BCUT2D eigenvalue weighted by atomic mass is 19.1. The molecule has 1 amide bonds. The number of halogens is 2. The molecular weight excluding hydrogens is 450 g/mol. The Morgan fingerprint density at radius 2 is 1.94 bits per heavy atom. The van der Waals surface area contributed by atoms with Crippen molar-refractivity contribution in [3.8, 4) is 0 Å². The Balaban J connectivity index is 1.53. The number of nitrogens with zero attached hydrogens (tertiary/aromatic N) is 4. The summed E-state index contributed by atoms with van der Waals surface area (Å²) in [6, 6.07) is 11.9. The highest BCUT2D eigenvalue weighted by molar-refractivity contribution is 6.11. The summed E-state index contributed by atoms with van der Waals surface area (Å²) in [5, 5.41) is 8.01. The van der Waals surface area contributed by atoms with Gasteiger partial charge in [0, 0.05) is 23.8 Å². The number of hydrogen-bond acceptors (Lipinski definition) is 6. The molecule has 3 heterocycles. The molecule has 2 aromatic carbocycles. The van der Waals surface area contributed by atoms with E-state index in [1.807, 2.05) is 31.2 Å². The first-order valence-corrected chi connectivity index (χ1v) is 11.4. The van der Waals surface area contributed by atoms with E-state index in [2.05, 4.69) is 25.6 Å². The number of aromatic nitrogens is 3. The van der Waals surface area contributed by atoms with Crippen LogP contribution in [0.4, 0.5) is 26.2 Å². The van der Waals surface area contributed by atoms with Gasteiger partial charge in [0.25, 0.3) is 5.91 Å². The van der Waals surface area contributed by atoms with Gasteiger partial charge in [0.05, 0.1) is 24.0 Å². The van der Waals surface area contributed by atoms with E-state index in [0.29, 0.717) is 18.1 Å². The van der Waals surface area contributed by atoms with Crippen LogP contribution in [0, 0.1) is 18.6 Å². The molecule has 9 heteroatoms. The van der Waals surface area contributed by atoms with Crippen LogP contribution in [0.3, 0.4) is 0 Å². The number of carbonyl (C=O) groups is 1. The normalized spacial score (nSPS) is 15.7. The first-order chi connectivity index (χ1) is 17.0. The van der Waals surface area contributed by atoms with Crippen LogP contribution < -0.4 is 15.5 Å². The van der Waals surface area contributed by atoms with Crippen molar-refractivity contribution in [1.29, 1.82) is 0 Å². The topological polar surface area (TPSA) is 83.0 Å². The highest BCUT2D eigenvalue weighted by Gasteiger charge is 2.31. The third kappa shape index (κ3) is 4.67. The molecule has 2 aromatic heterocycles. The minimum atomic E-state index is -0.687. The fraction of sp³-hybridized carbons (Fsp3) is 0.231. The molecular formula is C26H24F2N6O. The molecule has 0 bridgehead atoms. The molecule has 0 aliphatic carbocycles. The van der Waals surface area contributed by atoms with Gasteiger partial charge in [-0.05, 0) is 61.5 Å². The second kappa shape index (κ2) is 9.71. The van der Waals surface area contributed by atoms with Gasteiger partial charge in [-0.3, -0.25) is 9.69 Å². The maximum Gasteiger partial charge on any atom is 0.262 e. The van der Waals surface area contributed by atoms with Crippen LogP contribution in [-0.2, 0) is 0 Å². The fourth-order valence-corrected chi connectivity index (χ4v) is 4.46. The highest BCUT2D eigenvalue weighted by Crippen LogP contribution is 2.32. The largest absolute Gasteiger partial charge is 0.324 e. The van der Waals surface area contributed by atoms with Gasteiger partial charge in [-0.15, -0.1) is 0 Å². The Morgan fingerprint density at radius 3 is 2.69 bits per heavy atom. The number of anilines is 3. The summed E-state index contributed by atoms with van der Waals surface area (Å²) in [6.07, 6.45) is 5.39. The van der Waals surface area contributed by atoms with Crippen molar-refractivity contribution >= 4 is 34.1 Å². The van der Waals surface area contributed by atoms with Crippen LogP contribution in [0.25, 0.3) is 10.8 Å². The number of fused-ring (bicyclic) bond motifs is 1. The molecule has 5 rings (SSSR count). The summed E-state index contributed by atoms with van der Waals surface area (Å²) < 4.78 is 28.3. The first kappa shape index (κ1) is 22.8. The molecule has 0 unspecified atom stereocenters. The Kier molecular flexibility index (Phi) is 6.33. The maximum absolute atomic E-state index is 15.3. The lowest BCUT2D eigenvalue weighted by Gasteiger charge is -2.35. The third-order valence-electron chi connectivity index (χ3n) is 6.14. The van der Waals surface area contributed by atoms with Crippen LogP contribution in [0.15, 0.2) is 61.1 Å². The lowest BCUT2D eigenvalue weighted by Crippen LogP contribution is -2.49. The number of nitrogens with one attached hydrogen (secondary N) is 2. The van der Waals surface area contributed by atoms with E-state index in [4.69, 9.17) is 0 Å². The number of pyridine rings is 1. The average Bonchev–Trinajstić information content (AvgIpc) is 2.86. The molecule has 1 fully saturated rings. The Hall–Kier alpha value is -3.98. The zero-order chi connectivity index (χ0) is 24.4. The molecule has 4 aromatic rings. The van der Waals surface area contributed by atoms with Crippen molar-refractivity contribution < 1.29 is 13.6 Å². The lowest BCUT2D eigenvalue weighted by molar-refractivity contribution is 0.0968. The molecule has 0 radical (unpaired) electrons. The first-order valence-electron chi connectivity index (χ1n) is 11.4. The van der Waals surface area contributed by atoms with E-state index >= 15 is 4.39 Å².